The summed E-state index contributed by atoms with van der Waals surface area (Å²) in [7, 11) is 1.47. The summed E-state index contributed by atoms with van der Waals surface area (Å²) < 4.78 is 17.0. The van der Waals surface area contributed by atoms with Gasteiger partial charge in [-0.05, 0) is 23.3 Å². The largest absolute Gasteiger partial charge is 0.488 e. The second kappa shape index (κ2) is 8.72. The Bertz CT molecular complexity index is 786. The Morgan fingerprint density at radius 2 is 1.15 bits per heavy atom. The van der Waals surface area contributed by atoms with Gasteiger partial charge in [0.1, 0.15) is 30.3 Å². The third-order valence-corrected chi connectivity index (χ3v) is 3.89. The molecule has 0 saturated heterocycles. The van der Waals surface area contributed by atoms with Gasteiger partial charge in [-0.3, -0.25) is 5.41 Å². The lowest BCUT2D eigenvalue weighted by Gasteiger charge is -2.16. The van der Waals surface area contributed by atoms with Crippen LogP contribution in [-0.4, -0.2) is 13.0 Å². The fourth-order valence-electron chi connectivity index (χ4n) is 2.55. The van der Waals surface area contributed by atoms with Gasteiger partial charge in [0.25, 0.3) is 0 Å². The quantitative estimate of drug-likeness (QED) is 0.492. The summed E-state index contributed by atoms with van der Waals surface area (Å²) in [5, 5.41) is 8.14. The molecule has 4 nitrogen and oxygen atoms in total. The normalized spacial score (nSPS) is 10.2. The number of nitrogens with one attached hydrogen (secondary N) is 1. The molecule has 0 heterocycles. The first-order valence-electron chi connectivity index (χ1n) is 8.37. The molecule has 0 bridgehead atoms. The minimum absolute atomic E-state index is 0.0109. The van der Waals surface area contributed by atoms with Gasteiger partial charge in [0.2, 0.25) is 5.90 Å². The Morgan fingerprint density at radius 1 is 0.692 bits per heavy atom. The van der Waals surface area contributed by atoms with Gasteiger partial charge < -0.3 is 14.2 Å². The van der Waals surface area contributed by atoms with E-state index in [1.165, 1.54) is 7.11 Å². The van der Waals surface area contributed by atoms with Crippen molar-refractivity contribution in [3.63, 3.8) is 0 Å². The van der Waals surface area contributed by atoms with Crippen molar-refractivity contribution in [2.45, 2.75) is 13.2 Å². The zero-order valence-corrected chi connectivity index (χ0v) is 14.6. The number of ether oxygens (including phenoxy) is 3. The first-order valence-corrected chi connectivity index (χ1v) is 8.37. The summed E-state index contributed by atoms with van der Waals surface area (Å²) >= 11 is 0. The second-order valence-electron chi connectivity index (χ2n) is 5.71. The van der Waals surface area contributed by atoms with Crippen molar-refractivity contribution >= 4 is 5.90 Å². The predicted octanol–water partition coefficient (Wildman–Crippen LogP) is 4.82. The van der Waals surface area contributed by atoms with Crippen LogP contribution in [0, 0.1) is 5.41 Å². The number of methoxy groups -OCH3 is 1. The molecule has 0 unspecified atom stereocenters. The van der Waals surface area contributed by atoms with Gasteiger partial charge >= 0.3 is 0 Å². The van der Waals surface area contributed by atoms with E-state index in [2.05, 4.69) is 0 Å². The third-order valence-electron chi connectivity index (χ3n) is 3.89. The van der Waals surface area contributed by atoms with E-state index in [0.717, 1.165) is 11.1 Å². The zero-order chi connectivity index (χ0) is 18.2. The monoisotopic (exact) mass is 347 g/mol. The smallest absolute Gasteiger partial charge is 0.220 e. The average molecular weight is 347 g/mol. The molecular weight excluding hydrogens is 326 g/mol. The van der Waals surface area contributed by atoms with E-state index in [1.807, 2.05) is 78.9 Å². The van der Waals surface area contributed by atoms with Crippen LogP contribution in [0.4, 0.5) is 0 Å². The maximum Gasteiger partial charge on any atom is 0.220 e. The maximum absolute atomic E-state index is 8.14. The minimum Gasteiger partial charge on any atom is -0.488 e. The van der Waals surface area contributed by atoms with E-state index in [-0.39, 0.29) is 5.90 Å². The van der Waals surface area contributed by atoms with Crippen LogP contribution in [0.25, 0.3) is 0 Å². The van der Waals surface area contributed by atoms with Gasteiger partial charge in [-0.15, -0.1) is 0 Å². The summed E-state index contributed by atoms with van der Waals surface area (Å²) in [6, 6.07) is 25.3. The molecule has 1 N–H and O–H groups in total. The lowest BCUT2D eigenvalue weighted by molar-refractivity contribution is 0.285. The molecule has 132 valence electrons. The minimum atomic E-state index is 0.0109. The van der Waals surface area contributed by atoms with E-state index in [9.17, 15) is 0 Å². The van der Waals surface area contributed by atoms with Crippen LogP contribution in [0.5, 0.6) is 11.5 Å². The van der Waals surface area contributed by atoms with E-state index >= 15 is 0 Å². The summed E-state index contributed by atoms with van der Waals surface area (Å²) in [6.45, 7) is 0.819. The van der Waals surface area contributed by atoms with E-state index in [1.54, 1.807) is 0 Å². The van der Waals surface area contributed by atoms with E-state index in [0.29, 0.717) is 30.3 Å². The van der Waals surface area contributed by atoms with Gasteiger partial charge in [-0.2, -0.15) is 0 Å². The predicted molar refractivity (Wildman–Crippen MR) is 102 cm³/mol. The molecule has 0 aliphatic carbocycles. The van der Waals surface area contributed by atoms with Crippen molar-refractivity contribution in [3.8, 4) is 11.5 Å². The van der Waals surface area contributed by atoms with Crippen molar-refractivity contribution < 1.29 is 14.2 Å². The van der Waals surface area contributed by atoms with E-state index in [4.69, 9.17) is 19.6 Å². The van der Waals surface area contributed by atoms with Gasteiger partial charge in [-0.1, -0.05) is 66.7 Å². The fourth-order valence-corrected chi connectivity index (χ4v) is 2.55. The Balaban J connectivity index is 1.81. The Hall–Kier alpha value is -3.27. The summed E-state index contributed by atoms with van der Waals surface area (Å²) in [4.78, 5) is 0. The highest BCUT2D eigenvalue weighted by molar-refractivity contribution is 5.97. The van der Waals surface area contributed by atoms with Gasteiger partial charge in [0, 0.05) is 0 Å². The molecule has 0 atom stereocenters. The Morgan fingerprint density at radius 3 is 1.58 bits per heavy atom. The molecule has 26 heavy (non-hydrogen) atoms. The molecule has 0 fully saturated rings. The fraction of sp³-hybridized carbons (Fsp3) is 0.136. The van der Waals surface area contributed by atoms with Crippen molar-refractivity contribution in [1.29, 1.82) is 5.41 Å². The van der Waals surface area contributed by atoms with Crippen LogP contribution in [0.15, 0.2) is 78.9 Å². The number of benzene rings is 3. The van der Waals surface area contributed by atoms with Crippen LogP contribution in [0.2, 0.25) is 0 Å². The zero-order valence-electron chi connectivity index (χ0n) is 14.6. The maximum atomic E-state index is 8.14. The highest BCUT2D eigenvalue weighted by Gasteiger charge is 2.17. The van der Waals surface area contributed by atoms with Crippen LogP contribution in [-0.2, 0) is 18.0 Å². The number of rotatable bonds is 7. The standard InChI is InChI=1S/C22H21NO3/c1-24-22(23)21-19(25-15-17-9-4-2-5-10-17)13-8-14-20(21)26-16-18-11-6-3-7-12-18/h2-14,23H,15-16H2,1H3. The second-order valence-corrected chi connectivity index (χ2v) is 5.71. The molecule has 4 heteroatoms. The van der Waals surface area contributed by atoms with Crippen molar-refractivity contribution in [1.82, 2.24) is 0 Å². The van der Waals surface area contributed by atoms with Crippen LogP contribution in [0.1, 0.15) is 16.7 Å². The van der Waals surface area contributed by atoms with Gasteiger partial charge in [0.15, 0.2) is 0 Å². The lowest BCUT2D eigenvalue weighted by atomic mass is 10.1. The molecule has 0 aliphatic rings. The van der Waals surface area contributed by atoms with Crippen LogP contribution >= 0.6 is 0 Å². The van der Waals surface area contributed by atoms with Crippen molar-refractivity contribution in [3.05, 3.63) is 95.6 Å². The number of hydrogen-bond donors (Lipinski definition) is 1. The summed E-state index contributed by atoms with van der Waals surface area (Å²) in [6.07, 6.45) is 0. The average Bonchev–Trinajstić information content (AvgIpc) is 2.71. The highest BCUT2D eigenvalue weighted by Crippen LogP contribution is 2.30. The highest BCUT2D eigenvalue weighted by atomic mass is 16.5. The molecule has 0 amide bonds. The van der Waals surface area contributed by atoms with Crippen LogP contribution < -0.4 is 9.47 Å². The Labute approximate surface area is 153 Å². The SMILES string of the molecule is COC(=N)c1c(OCc2ccccc2)cccc1OCc1ccccc1. The molecule has 0 aromatic heterocycles. The summed E-state index contributed by atoms with van der Waals surface area (Å²) in [5.74, 6) is 1.13. The van der Waals surface area contributed by atoms with Crippen molar-refractivity contribution in [2.24, 2.45) is 0 Å². The molecule has 0 spiro atoms. The van der Waals surface area contributed by atoms with Gasteiger partial charge in [-0.25, -0.2) is 0 Å². The van der Waals surface area contributed by atoms with Crippen molar-refractivity contribution in [2.75, 3.05) is 7.11 Å². The molecule has 0 radical (unpaired) electrons. The van der Waals surface area contributed by atoms with Gasteiger partial charge in [0.05, 0.1) is 7.11 Å². The molecule has 3 aromatic carbocycles. The molecular formula is C22H21NO3. The third kappa shape index (κ3) is 4.42. The lowest BCUT2D eigenvalue weighted by Crippen LogP contribution is -2.09. The molecule has 3 aromatic rings. The first-order chi connectivity index (χ1) is 12.8. The topological polar surface area (TPSA) is 51.5 Å². The first kappa shape index (κ1) is 17.5. The molecule has 0 aliphatic heterocycles. The van der Waals surface area contributed by atoms with E-state index < -0.39 is 0 Å². The Kier molecular flexibility index (Phi) is 5.88. The molecule has 3 rings (SSSR count). The summed E-state index contributed by atoms with van der Waals surface area (Å²) in [5.41, 5.74) is 2.62. The molecule has 0 saturated carbocycles. The number of hydrogen-bond acceptors (Lipinski definition) is 4. The van der Waals surface area contributed by atoms with Crippen LogP contribution in [0.3, 0.4) is 0 Å².